The van der Waals surface area contributed by atoms with Gasteiger partial charge in [0.15, 0.2) is 0 Å². The van der Waals surface area contributed by atoms with Crippen LogP contribution in [0.5, 0.6) is 0 Å². The Morgan fingerprint density at radius 3 is 1.93 bits per heavy atom. The average Bonchev–Trinajstić information content (AvgIpc) is 2.66. The summed E-state index contributed by atoms with van der Waals surface area (Å²) < 4.78 is 10.0. The molecule has 15 heavy (non-hydrogen) atoms. The van der Waals surface area contributed by atoms with Crippen LogP contribution in [0.3, 0.4) is 0 Å². The number of hydrogen-bond donors (Lipinski definition) is 2. The van der Waals surface area contributed by atoms with Crippen molar-refractivity contribution in [3.05, 3.63) is 0 Å². The zero-order chi connectivity index (χ0) is 10.5. The van der Waals surface area contributed by atoms with Gasteiger partial charge in [-0.15, -0.1) is 0 Å². The van der Waals surface area contributed by atoms with E-state index in [4.69, 9.17) is 9.05 Å². The van der Waals surface area contributed by atoms with Crippen LogP contribution in [0, 0.1) is 0 Å². The predicted molar refractivity (Wildman–Crippen MR) is 52.8 cm³/mol. The van der Waals surface area contributed by atoms with Gasteiger partial charge in [-0.25, -0.2) is 0 Å². The Morgan fingerprint density at radius 2 is 1.47 bits per heavy atom. The van der Waals surface area contributed by atoms with Crippen LogP contribution < -0.4 is 10.2 Å². The summed E-state index contributed by atoms with van der Waals surface area (Å²) in [5.74, 6) is -1.75. The molecule has 0 unspecified atom stereocenters. The zero-order valence-electron chi connectivity index (χ0n) is 8.12. The first-order chi connectivity index (χ1) is 7.19. The topological polar surface area (TPSA) is 76.7 Å². The second-order valence-corrected chi connectivity index (χ2v) is 6.40. The molecule has 0 bridgehead atoms. The summed E-state index contributed by atoms with van der Waals surface area (Å²) in [6.07, 6.45) is 4.42. The first kappa shape index (κ1) is 9.51. The van der Waals surface area contributed by atoms with Crippen LogP contribution in [0.25, 0.3) is 0 Å². The third-order valence-corrected chi connectivity index (χ3v) is 5.60. The van der Waals surface area contributed by atoms with Crippen LogP contribution in [-0.4, -0.2) is 24.0 Å². The second kappa shape index (κ2) is 3.14. The Balaban J connectivity index is 1.79. The van der Waals surface area contributed by atoms with Gasteiger partial charge in [0.1, 0.15) is 0 Å². The van der Waals surface area contributed by atoms with Crippen molar-refractivity contribution in [3.63, 3.8) is 0 Å². The minimum absolute atomic E-state index is 0.282. The van der Waals surface area contributed by atoms with E-state index in [2.05, 4.69) is 10.2 Å². The van der Waals surface area contributed by atoms with Gasteiger partial charge in [-0.2, -0.15) is 0 Å². The molecule has 0 aromatic carbocycles. The summed E-state index contributed by atoms with van der Waals surface area (Å²) in [6.45, 7) is 0. The van der Waals surface area contributed by atoms with Crippen molar-refractivity contribution in [2.75, 3.05) is 0 Å². The van der Waals surface area contributed by atoms with Crippen LogP contribution in [0.4, 0.5) is 0 Å². The summed E-state index contributed by atoms with van der Waals surface area (Å²) in [5.41, 5.74) is 0. The fourth-order valence-electron chi connectivity index (χ4n) is 2.49. The molecule has 2 aliphatic heterocycles. The molecule has 3 aliphatic rings. The maximum atomic E-state index is 11.0. The molecule has 1 saturated carbocycles. The van der Waals surface area contributed by atoms with Gasteiger partial charge >= 0.3 is 86.5 Å². The summed E-state index contributed by atoms with van der Waals surface area (Å²) in [6, 6.07) is 0.563. The molecule has 3 rings (SSSR count). The van der Waals surface area contributed by atoms with Crippen molar-refractivity contribution >= 4 is 20.0 Å². The number of nitrogens with one attached hydrogen (secondary N) is 2. The number of fused-ring (bicyclic) bond motifs is 1. The van der Waals surface area contributed by atoms with E-state index in [9.17, 15) is 9.59 Å². The molecule has 2 atom stereocenters. The SMILES string of the molecule is O=C1O[PH]2(N[C@@H]3CCCC[C@H]3N2)OC1=O. The van der Waals surface area contributed by atoms with E-state index in [0.29, 0.717) is 0 Å². The van der Waals surface area contributed by atoms with Gasteiger partial charge in [-0.3, -0.25) is 0 Å². The Morgan fingerprint density at radius 1 is 1.00 bits per heavy atom. The van der Waals surface area contributed by atoms with Crippen LogP contribution in [0.1, 0.15) is 25.7 Å². The van der Waals surface area contributed by atoms with E-state index >= 15 is 0 Å². The van der Waals surface area contributed by atoms with E-state index in [1.54, 1.807) is 0 Å². The fourth-order valence-corrected chi connectivity index (χ4v) is 5.21. The quantitative estimate of drug-likeness (QED) is 0.452. The van der Waals surface area contributed by atoms with Gasteiger partial charge in [0.25, 0.3) is 0 Å². The van der Waals surface area contributed by atoms with E-state index in [1.165, 1.54) is 12.8 Å². The molecule has 2 saturated heterocycles. The Kier molecular flexibility index (Phi) is 1.99. The van der Waals surface area contributed by atoms with Crippen molar-refractivity contribution < 1.29 is 18.6 Å². The molecule has 0 radical (unpaired) electrons. The van der Waals surface area contributed by atoms with Gasteiger partial charge < -0.3 is 0 Å². The molecule has 1 aliphatic carbocycles. The van der Waals surface area contributed by atoms with Gasteiger partial charge in [0, 0.05) is 0 Å². The van der Waals surface area contributed by atoms with Gasteiger partial charge in [-0.05, 0) is 0 Å². The summed E-state index contributed by atoms with van der Waals surface area (Å²) >= 11 is 0. The molecule has 1 spiro atoms. The molecule has 0 amide bonds. The van der Waals surface area contributed by atoms with Crippen molar-refractivity contribution in [1.82, 2.24) is 10.2 Å². The number of carbonyl (C=O) groups excluding carboxylic acids is 2. The van der Waals surface area contributed by atoms with Crippen molar-refractivity contribution in [2.24, 2.45) is 0 Å². The molecule has 7 heteroatoms. The molecule has 6 nitrogen and oxygen atoms in total. The van der Waals surface area contributed by atoms with Crippen LogP contribution >= 0.6 is 8.02 Å². The first-order valence-corrected chi connectivity index (χ1v) is 7.02. The van der Waals surface area contributed by atoms with E-state index < -0.39 is 20.0 Å². The Bertz CT molecular complexity index is 303. The third-order valence-electron chi connectivity index (χ3n) is 3.16. The summed E-state index contributed by atoms with van der Waals surface area (Å²) in [4.78, 5) is 22.0. The average molecular weight is 232 g/mol. The zero-order valence-corrected chi connectivity index (χ0v) is 9.12. The molecule has 84 valence electrons. The van der Waals surface area contributed by atoms with Crippen molar-refractivity contribution in [1.29, 1.82) is 0 Å². The van der Waals surface area contributed by atoms with Crippen LogP contribution in [-0.2, 0) is 18.6 Å². The molecular formula is C8H13N2O4P. The van der Waals surface area contributed by atoms with E-state index in [0.717, 1.165) is 12.8 Å². The fraction of sp³-hybridized carbons (Fsp3) is 0.750. The van der Waals surface area contributed by atoms with Crippen LogP contribution in [0.2, 0.25) is 0 Å². The predicted octanol–water partition coefficient (Wildman–Crippen LogP) is 0.000300. The van der Waals surface area contributed by atoms with Crippen molar-refractivity contribution in [2.45, 2.75) is 37.8 Å². The number of hydrogen-bond acceptors (Lipinski definition) is 6. The van der Waals surface area contributed by atoms with Crippen molar-refractivity contribution in [3.8, 4) is 0 Å². The van der Waals surface area contributed by atoms with Crippen LogP contribution in [0.15, 0.2) is 0 Å². The number of carbonyl (C=O) groups is 2. The van der Waals surface area contributed by atoms with Gasteiger partial charge in [0.05, 0.1) is 0 Å². The molecule has 2 heterocycles. The van der Waals surface area contributed by atoms with E-state index in [1.807, 2.05) is 0 Å². The van der Waals surface area contributed by atoms with E-state index in [-0.39, 0.29) is 12.1 Å². The molecular weight excluding hydrogens is 219 g/mol. The molecule has 0 aromatic heterocycles. The summed E-state index contributed by atoms with van der Waals surface area (Å²) in [7, 11) is -2.92. The maximum absolute atomic E-state index is 11.0. The Labute approximate surface area is 87.3 Å². The summed E-state index contributed by atoms with van der Waals surface area (Å²) in [5, 5.41) is 6.34. The molecule has 0 aromatic rings. The third kappa shape index (κ3) is 1.44. The van der Waals surface area contributed by atoms with Gasteiger partial charge in [-0.1, -0.05) is 0 Å². The number of rotatable bonds is 0. The first-order valence-electron chi connectivity index (χ1n) is 5.20. The van der Waals surface area contributed by atoms with Gasteiger partial charge in [0.2, 0.25) is 0 Å². The second-order valence-electron chi connectivity index (χ2n) is 4.18. The molecule has 3 fully saturated rings. The molecule has 2 N–H and O–H groups in total. The standard InChI is InChI=1S/C8H13N2O4P/c11-7-8(12)14-15(13-7)9-5-3-1-2-4-6(5)10-15/h5-6,9-10,15H,1-4H2/t5-,6-/m1/s1. The normalized spacial score (nSPS) is 39.7. The minimum atomic E-state index is -2.92. The Hall–Kier alpha value is -0.710. The monoisotopic (exact) mass is 232 g/mol.